The van der Waals surface area contributed by atoms with Crippen molar-refractivity contribution < 1.29 is 9.53 Å². The molecule has 2 aromatic rings. The Morgan fingerprint density at radius 2 is 1.95 bits per heavy atom. The molecular weight excluding hydrogens is 311 g/mol. The zero-order chi connectivity index (χ0) is 15.4. The van der Waals surface area contributed by atoms with Crippen molar-refractivity contribution in [3.63, 3.8) is 0 Å². The third-order valence-electron chi connectivity index (χ3n) is 2.91. The molecule has 0 saturated heterocycles. The molecule has 0 radical (unpaired) electrons. The molecule has 110 valence electrons. The fourth-order valence-corrected chi connectivity index (χ4v) is 2.31. The van der Waals surface area contributed by atoms with Crippen molar-refractivity contribution in [2.45, 2.75) is 6.92 Å². The summed E-state index contributed by atoms with van der Waals surface area (Å²) in [7, 11) is 0. The van der Waals surface area contributed by atoms with Gasteiger partial charge in [0, 0.05) is 0 Å². The van der Waals surface area contributed by atoms with Crippen LogP contribution < -0.4 is 15.8 Å². The molecule has 0 fully saturated rings. The van der Waals surface area contributed by atoms with E-state index in [1.54, 1.807) is 30.3 Å². The van der Waals surface area contributed by atoms with Crippen LogP contribution in [0.3, 0.4) is 0 Å². The first-order valence-corrected chi connectivity index (χ1v) is 6.96. The largest absolute Gasteiger partial charge is 0.472 e. The van der Waals surface area contributed by atoms with E-state index < -0.39 is 5.91 Å². The maximum atomic E-state index is 11.3. The van der Waals surface area contributed by atoms with Gasteiger partial charge in [-0.05, 0) is 30.7 Å². The lowest BCUT2D eigenvalue weighted by molar-refractivity contribution is 0.0996. The molecule has 2 aromatic carbocycles. The molecule has 0 aliphatic heterocycles. The number of rotatable bonds is 5. The van der Waals surface area contributed by atoms with Crippen LogP contribution in [0.5, 0.6) is 5.75 Å². The average Bonchev–Trinajstić information content (AvgIpc) is 2.47. The number of hydrogen-bond acceptors (Lipinski definition) is 3. The van der Waals surface area contributed by atoms with Gasteiger partial charge in [0.1, 0.15) is 5.75 Å². The summed E-state index contributed by atoms with van der Waals surface area (Å²) in [5, 5.41) is 4.03. The number of halogens is 2. The van der Waals surface area contributed by atoms with Gasteiger partial charge < -0.3 is 15.8 Å². The molecule has 1 amide bonds. The molecule has 4 nitrogen and oxygen atoms in total. The second-order valence-electron chi connectivity index (χ2n) is 4.38. The molecule has 0 aliphatic rings. The Kier molecular flexibility index (Phi) is 4.94. The predicted molar refractivity (Wildman–Crippen MR) is 85.3 cm³/mol. The molecule has 0 saturated carbocycles. The number of primary amides is 1. The quantitative estimate of drug-likeness (QED) is 0.821. The summed E-state index contributed by atoms with van der Waals surface area (Å²) in [5.74, 6) is -0.144. The number of anilines is 1. The summed E-state index contributed by atoms with van der Waals surface area (Å²) in [6.45, 7) is 1.99. The van der Waals surface area contributed by atoms with Crippen LogP contribution in [0.25, 0.3) is 0 Å². The van der Waals surface area contributed by atoms with E-state index in [0.29, 0.717) is 27.0 Å². The smallest absolute Gasteiger partial charge is 0.252 e. The van der Waals surface area contributed by atoms with Gasteiger partial charge in [0.2, 0.25) is 0 Å². The summed E-state index contributed by atoms with van der Waals surface area (Å²) >= 11 is 12.3. The van der Waals surface area contributed by atoms with Gasteiger partial charge in [-0.25, -0.2) is 0 Å². The predicted octanol–water partition coefficient (Wildman–Crippen LogP) is 3.85. The van der Waals surface area contributed by atoms with Gasteiger partial charge in [-0.3, -0.25) is 4.79 Å². The minimum absolute atomic E-state index is 0.104. The third-order valence-corrected chi connectivity index (χ3v) is 3.72. The topological polar surface area (TPSA) is 64.3 Å². The third kappa shape index (κ3) is 3.60. The summed E-state index contributed by atoms with van der Waals surface area (Å²) < 4.78 is 5.52. The van der Waals surface area contributed by atoms with Crippen molar-refractivity contribution in [3.8, 4) is 5.75 Å². The molecule has 0 bridgehead atoms. The number of nitrogens with one attached hydrogen (secondary N) is 1. The standard InChI is InChI=1S/C15H14Cl2N2O2/c1-9-6-7-11(16)14(13(9)17)19-8-21-12-5-3-2-4-10(12)15(18)20/h2-7,19H,8H2,1H3,(H2,18,20). The number of aryl methyl sites for hydroxylation is 1. The Labute approximate surface area is 132 Å². The lowest BCUT2D eigenvalue weighted by Gasteiger charge is -2.14. The van der Waals surface area contributed by atoms with Crippen LogP contribution in [0.15, 0.2) is 36.4 Å². The van der Waals surface area contributed by atoms with Gasteiger partial charge in [-0.1, -0.05) is 41.4 Å². The normalized spacial score (nSPS) is 10.2. The van der Waals surface area contributed by atoms with Gasteiger partial charge in [-0.2, -0.15) is 0 Å². The zero-order valence-electron chi connectivity index (χ0n) is 11.3. The van der Waals surface area contributed by atoms with Crippen LogP contribution in [0, 0.1) is 6.92 Å². The van der Waals surface area contributed by atoms with Crippen molar-refractivity contribution in [2.75, 3.05) is 12.0 Å². The van der Waals surface area contributed by atoms with Crippen LogP contribution in [0.1, 0.15) is 15.9 Å². The van der Waals surface area contributed by atoms with Crippen LogP contribution >= 0.6 is 23.2 Å². The van der Waals surface area contributed by atoms with E-state index in [-0.39, 0.29) is 6.73 Å². The number of carbonyl (C=O) groups is 1. The van der Waals surface area contributed by atoms with E-state index in [1.807, 2.05) is 13.0 Å². The first-order chi connectivity index (χ1) is 10.0. The van der Waals surface area contributed by atoms with Crippen molar-refractivity contribution >= 4 is 34.8 Å². The van der Waals surface area contributed by atoms with Gasteiger partial charge in [0.25, 0.3) is 5.91 Å². The maximum absolute atomic E-state index is 11.3. The van der Waals surface area contributed by atoms with Crippen molar-refractivity contribution in [1.29, 1.82) is 0 Å². The fourth-order valence-electron chi connectivity index (χ4n) is 1.80. The molecule has 0 atom stereocenters. The Bertz CT molecular complexity index is 675. The molecule has 0 aromatic heterocycles. The number of nitrogens with two attached hydrogens (primary N) is 1. The SMILES string of the molecule is Cc1ccc(Cl)c(NCOc2ccccc2C(N)=O)c1Cl. The van der Waals surface area contributed by atoms with E-state index in [0.717, 1.165) is 5.56 Å². The highest BCUT2D eigenvalue weighted by atomic mass is 35.5. The number of carbonyl (C=O) groups excluding carboxylic acids is 1. The van der Waals surface area contributed by atoms with E-state index in [9.17, 15) is 4.79 Å². The summed E-state index contributed by atoms with van der Waals surface area (Å²) in [6.07, 6.45) is 0. The van der Waals surface area contributed by atoms with Gasteiger partial charge in [-0.15, -0.1) is 0 Å². The lowest BCUT2D eigenvalue weighted by Crippen LogP contribution is -2.15. The van der Waals surface area contributed by atoms with Crippen LogP contribution in [0.4, 0.5) is 5.69 Å². The Hall–Kier alpha value is -1.91. The molecule has 0 heterocycles. The monoisotopic (exact) mass is 324 g/mol. The highest BCUT2D eigenvalue weighted by Gasteiger charge is 2.10. The van der Waals surface area contributed by atoms with Crippen LogP contribution in [-0.4, -0.2) is 12.6 Å². The van der Waals surface area contributed by atoms with E-state index in [1.165, 1.54) is 0 Å². The van der Waals surface area contributed by atoms with Gasteiger partial charge in [0.05, 0.1) is 21.3 Å². The fraction of sp³-hybridized carbons (Fsp3) is 0.133. The van der Waals surface area contributed by atoms with Crippen LogP contribution in [-0.2, 0) is 0 Å². The molecule has 6 heteroatoms. The summed E-state index contributed by atoms with van der Waals surface area (Å²) in [6, 6.07) is 10.3. The Balaban J connectivity index is 2.09. The molecule has 2 rings (SSSR count). The number of hydrogen-bond donors (Lipinski definition) is 2. The molecular formula is C15H14Cl2N2O2. The molecule has 0 aliphatic carbocycles. The summed E-state index contributed by atoms with van der Waals surface area (Å²) in [5.41, 5.74) is 7.10. The highest BCUT2D eigenvalue weighted by molar-refractivity contribution is 6.39. The highest BCUT2D eigenvalue weighted by Crippen LogP contribution is 2.32. The minimum atomic E-state index is -0.544. The first kappa shape index (κ1) is 15.5. The van der Waals surface area contributed by atoms with Crippen molar-refractivity contribution in [1.82, 2.24) is 0 Å². The zero-order valence-corrected chi connectivity index (χ0v) is 12.8. The molecule has 21 heavy (non-hydrogen) atoms. The average molecular weight is 325 g/mol. The second kappa shape index (κ2) is 6.70. The van der Waals surface area contributed by atoms with E-state index in [4.69, 9.17) is 33.7 Å². The number of amides is 1. The van der Waals surface area contributed by atoms with Gasteiger partial charge in [0.15, 0.2) is 6.73 Å². The van der Waals surface area contributed by atoms with Crippen molar-refractivity contribution in [2.24, 2.45) is 5.73 Å². The van der Waals surface area contributed by atoms with E-state index >= 15 is 0 Å². The van der Waals surface area contributed by atoms with E-state index in [2.05, 4.69) is 5.32 Å². The minimum Gasteiger partial charge on any atom is -0.472 e. The molecule has 3 N–H and O–H groups in total. The summed E-state index contributed by atoms with van der Waals surface area (Å²) in [4.78, 5) is 11.3. The van der Waals surface area contributed by atoms with Crippen LogP contribution in [0.2, 0.25) is 10.0 Å². The number of ether oxygens (including phenoxy) is 1. The van der Waals surface area contributed by atoms with Gasteiger partial charge >= 0.3 is 0 Å². The Morgan fingerprint density at radius 3 is 2.67 bits per heavy atom. The lowest BCUT2D eigenvalue weighted by atomic mass is 10.2. The van der Waals surface area contributed by atoms with Crippen molar-refractivity contribution in [3.05, 3.63) is 57.6 Å². The molecule has 0 unspecified atom stereocenters. The number of benzene rings is 2. The number of para-hydroxylation sites is 1. The molecule has 0 spiro atoms. The second-order valence-corrected chi connectivity index (χ2v) is 5.16. The maximum Gasteiger partial charge on any atom is 0.252 e. The Morgan fingerprint density at radius 1 is 1.24 bits per heavy atom. The first-order valence-electron chi connectivity index (χ1n) is 6.21.